The van der Waals surface area contributed by atoms with Gasteiger partial charge in [0.2, 0.25) is 5.69 Å². The molecule has 1 aliphatic rings. The zero-order valence-electron chi connectivity index (χ0n) is 14.8. The molecule has 2 aromatic rings. The van der Waals surface area contributed by atoms with Crippen LogP contribution in [0.1, 0.15) is 61.8 Å². The maximum Gasteiger partial charge on any atom is 0.212 e. The first-order chi connectivity index (χ1) is 10.3. The molecule has 3 rings (SSSR count). The molecular weight excluding hydrogens is 266 g/mol. The molecule has 1 aliphatic carbocycles. The van der Waals surface area contributed by atoms with E-state index in [9.17, 15) is 0 Å². The highest BCUT2D eigenvalue weighted by Crippen LogP contribution is 2.42. The Morgan fingerprint density at radius 1 is 1.14 bits per heavy atom. The lowest BCUT2D eigenvalue weighted by Gasteiger charge is -2.34. The van der Waals surface area contributed by atoms with E-state index < -0.39 is 0 Å². The Balaban J connectivity index is 2.21. The second-order valence-corrected chi connectivity index (χ2v) is 7.78. The summed E-state index contributed by atoms with van der Waals surface area (Å²) in [4.78, 5) is 0. The van der Waals surface area contributed by atoms with Gasteiger partial charge in [-0.3, -0.25) is 0 Å². The Bertz CT molecular complexity index is 725. The van der Waals surface area contributed by atoms with Crippen molar-refractivity contribution in [3.05, 3.63) is 52.7 Å². The Morgan fingerprint density at radius 2 is 1.86 bits per heavy atom. The van der Waals surface area contributed by atoms with Crippen LogP contribution in [0.3, 0.4) is 0 Å². The minimum atomic E-state index is 0.292. The summed E-state index contributed by atoms with van der Waals surface area (Å²) in [5.41, 5.74) is 8.74. The van der Waals surface area contributed by atoms with Crippen LogP contribution < -0.4 is 4.57 Å². The SMILES string of the molecule is Cc1ccc(-c2cc3c(c[n+]2C)C(C)(C)CCC3C)c(C)c1. The van der Waals surface area contributed by atoms with E-state index in [4.69, 9.17) is 0 Å². The Kier molecular flexibility index (Phi) is 3.63. The fourth-order valence-corrected chi connectivity index (χ4v) is 3.87. The predicted octanol–water partition coefficient (Wildman–Crippen LogP) is 4.97. The molecule has 0 aliphatic heterocycles. The molecule has 1 atom stereocenters. The molecule has 116 valence electrons. The Morgan fingerprint density at radius 3 is 2.55 bits per heavy atom. The van der Waals surface area contributed by atoms with E-state index in [0.29, 0.717) is 11.3 Å². The van der Waals surface area contributed by atoms with Crippen molar-refractivity contribution >= 4 is 0 Å². The van der Waals surface area contributed by atoms with Crippen LogP contribution in [0.15, 0.2) is 30.5 Å². The molecule has 0 saturated heterocycles. The number of benzene rings is 1. The van der Waals surface area contributed by atoms with Crippen molar-refractivity contribution < 1.29 is 4.57 Å². The lowest BCUT2D eigenvalue weighted by Crippen LogP contribution is -2.37. The molecule has 1 nitrogen and oxygen atoms in total. The number of hydrogen-bond donors (Lipinski definition) is 0. The smallest absolute Gasteiger partial charge is 0.201 e. The zero-order chi connectivity index (χ0) is 16.1. The van der Waals surface area contributed by atoms with E-state index in [-0.39, 0.29) is 0 Å². The van der Waals surface area contributed by atoms with Gasteiger partial charge in [0.1, 0.15) is 7.05 Å². The molecule has 22 heavy (non-hydrogen) atoms. The molecule has 0 amide bonds. The average Bonchev–Trinajstić information content (AvgIpc) is 2.44. The molecular formula is C21H28N+. The van der Waals surface area contributed by atoms with Crippen molar-refractivity contribution in [2.45, 2.75) is 58.8 Å². The second kappa shape index (κ2) is 5.22. The van der Waals surface area contributed by atoms with Crippen LogP contribution in [0.2, 0.25) is 0 Å². The van der Waals surface area contributed by atoms with Crippen molar-refractivity contribution in [1.29, 1.82) is 0 Å². The summed E-state index contributed by atoms with van der Waals surface area (Å²) in [5, 5.41) is 0. The lowest BCUT2D eigenvalue weighted by molar-refractivity contribution is -0.661. The molecule has 0 saturated carbocycles. The fraction of sp³-hybridized carbons (Fsp3) is 0.476. The molecule has 1 unspecified atom stereocenters. The van der Waals surface area contributed by atoms with Crippen LogP contribution >= 0.6 is 0 Å². The topological polar surface area (TPSA) is 3.88 Å². The Labute approximate surface area is 135 Å². The third kappa shape index (κ3) is 2.47. The number of aryl methyl sites for hydroxylation is 3. The lowest BCUT2D eigenvalue weighted by atomic mass is 9.69. The minimum absolute atomic E-state index is 0.292. The molecule has 1 heteroatoms. The first kappa shape index (κ1) is 15.3. The van der Waals surface area contributed by atoms with E-state index in [1.807, 2.05) is 0 Å². The van der Waals surface area contributed by atoms with Gasteiger partial charge in [0.15, 0.2) is 6.20 Å². The summed E-state index contributed by atoms with van der Waals surface area (Å²) in [7, 11) is 2.18. The maximum absolute atomic E-state index is 2.44. The van der Waals surface area contributed by atoms with Crippen molar-refractivity contribution in [2.24, 2.45) is 7.05 Å². The van der Waals surface area contributed by atoms with Crippen LogP contribution in [0, 0.1) is 13.8 Å². The number of hydrogen-bond acceptors (Lipinski definition) is 0. The van der Waals surface area contributed by atoms with E-state index in [0.717, 1.165) is 0 Å². The molecule has 0 fully saturated rings. The van der Waals surface area contributed by atoms with E-state index in [1.165, 1.54) is 40.8 Å². The first-order valence-electron chi connectivity index (χ1n) is 8.41. The van der Waals surface area contributed by atoms with Gasteiger partial charge in [0, 0.05) is 17.2 Å². The van der Waals surface area contributed by atoms with Gasteiger partial charge in [-0.15, -0.1) is 0 Å². The number of nitrogens with zero attached hydrogens (tertiary/aromatic N) is 1. The minimum Gasteiger partial charge on any atom is -0.201 e. The number of aromatic nitrogens is 1. The van der Waals surface area contributed by atoms with Gasteiger partial charge in [-0.25, -0.2) is 4.57 Å². The van der Waals surface area contributed by atoms with Crippen molar-refractivity contribution in [3.63, 3.8) is 0 Å². The van der Waals surface area contributed by atoms with Crippen LogP contribution in [0.25, 0.3) is 11.3 Å². The number of fused-ring (bicyclic) bond motifs is 1. The molecule has 0 N–H and O–H groups in total. The second-order valence-electron chi connectivity index (χ2n) is 7.78. The molecule has 0 bridgehead atoms. The van der Waals surface area contributed by atoms with Gasteiger partial charge in [0.25, 0.3) is 0 Å². The summed E-state index contributed by atoms with van der Waals surface area (Å²) in [6.07, 6.45) is 4.95. The van der Waals surface area contributed by atoms with Crippen LogP contribution in [0.5, 0.6) is 0 Å². The van der Waals surface area contributed by atoms with Crippen LogP contribution in [0.4, 0.5) is 0 Å². The van der Waals surface area contributed by atoms with Gasteiger partial charge >= 0.3 is 0 Å². The zero-order valence-corrected chi connectivity index (χ0v) is 14.8. The molecule has 0 spiro atoms. The van der Waals surface area contributed by atoms with Gasteiger partial charge in [-0.1, -0.05) is 38.5 Å². The summed E-state index contributed by atoms with van der Waals surface area (Å²) < 4.78 is 2.32. The first-order valence-corrected chi connectivity index (χ1v) is 8.41. The molecule has 1 heterocycles. The Hall–Kier alpha value is -1.63. The largest absolute Gasteiger partial charge is 0.212 e. The summed E-state index contributed by atoms with van der Waals surface area (Å²) >= 11 is 0. The van der Waals surface area contributed by atoms with Crippen LogP contribution in [-0.4, -0.2) is 0 Å². The summed E-state index contributed by atoms with van der Waals surface area (Å²) in [5.74, 6) is 0.661. The molecule has 0 radical (unpaired) electrons. The predicted molar refractivity (Wildman–Crippen MR) is 93.2 cm³/mol. The quantitative estimate of drug-likeness (QED) is 0.654. The number of rotatable bonds is 1. The third-order valence-corrected chi connectivity index (χ3v) is 5.43. The summed E-state index contributed by atoms with van der Waals surface area (Å²) in [6, 6.07) is 9.21. The van der Waals surface area contributed by atoms with Crippen molar-refractivity contribution in [2.75, 3.05) is 0 Å². The standard InChI is InChI=1S/C21H28N/c1-14-7-8-17(16(3)11-14)20-12-18-15(2)9-10-21(4,5)19(18)13-22(20)6/h7-8,11-13,15H,9-10H2,1-6H3/q+1. The molecule has 1 aromatic carbocycles. The van der Waals surface area contributed by atoms with E-state index >= 15 is 0 Å². The van der Waals surface area contributed by atoms with Crippen molar-refractivity contribution in [3.8, 4) is 11.3 Å². The van der Waals surface area contributed by atoms with Gasteiger partial charge < -0.3 is 0 Å². The third-order valence-electron chi connectivity index (χ3n) is 5.43. The highest BCUT2D eigenvalue weighted by atomic mass is 14.9. The van der Waals surface area contributed by atoms with E-state index in [1.54, 1.807) is 5.56 Å². The van der Waals surface area contributed by atoms with Gasteiger partial charge in [-0.2, -0.15) is 0 Å². The van der Waals surface area contributed by atoms with Crippen molar-refractivity contribution in [1.82, 2.24) is 0 Å². The normalized spacial score (nSPS) is 19.8. The van der Waals surface area contributed by atoms with Gasteiger partial charge in [0.05, 0.1) is 0 Å². The fourth-order valence-electron chi connectivity index (χ4n) is 3.87. The summed E-state index contributed by atoms with van der Waals surface area (Å²) in [6.45, 7) is 11.5. The monoisotopic (exact) mass is 294 g/mol. The molecule has 1 aromatic heterocycles. The average molecular weight is 294 g/mol. The number of pyridine rings is 1. The highest BCUT2D eigenvalue weighted by molar-refractivity contribution is 5.63. The van der Waals surface area contributed by atoms with Gasteiger partial charge in [-0.05, 0) is 55.2 Å². The van der Waals surface area contributed by atoms with E-state index in [2.05, 4.69) is 76.7 Å². The highest BCUT2D eigenvalue weighted by Gasteiger charge is 2.34. The van der Waals surface area contributed by atoms with Crippen LogP contribution in [-0.2, 0) is 12.5 Å². The maximum atomic E-state index is 2.44.